The summed E-state index contributed by atoms with van der Waals surface area (Å²) in [6.45, 7) is 2.08. The summed E-state index contributed by atoms with van der Waals surface area (Å²) < 4.78 is 7.11. The molecular formula is C20H17N3O. The Morgan fingerprint density at radius 3 is 2.29 bits per heavy atom. The molecule has 0 saturated heterocycles. The fraction of sp³-hybridized carbons (Fsp3) is 0.100. The van der Waals surface area contributed by atoms with E-state index >= 15 is 0 Å². The van der Waals surface area contributed by atoms with E-state index in [0.29, 0.717) is 0 Å². The third kappa shape index (κ3) is 2.52. The Bertz CT molecular complexity index is 986. The van der Waals surface area contributed by atoms with Crippen LogP contribution in [0.15, 0.2) is 66.9 Å². The molecule has 4 nitrogen and oxygen atoms in total. The minimum absolute atomic E-state index is 0.832. The van der Waals surface area contributed by atoms with E-state index < -0.39 is 0 Å². The van der Waals surface area contributed by atoms with E-state index in [1.54, 1.807) is 7.11 Å². The van der Waals surface area contributed by atoms with Gasteiger partial charge in [0.1, 0.15) is 5.75 Å². The third-order valence-electron chi connectivity index (χ3n) is 4.09. The van der Waals surface area contributed by atoms with Crippen LogP contribution in [0, 0.1) is 6.92 Å². The largest absolute Gasteiger partial charge is 0.497 e. The molecule has 0 atom stereocenters. The molecule has 2 aromatic carbocycles. The molecule has 4 aromatic rings. The minimum Gasteiger partial charge on any atom is -0.497 e. The molecule has 0 spiro atoms. The van der Waals surface area contributed by atoms with Crippen molar-refractivity contribution in [2.75, 3.05) is 7.11 Å². The van der Waals surface area contributed by atoms with E-state index in [-0.39, 0.29) is 0 Å². The smallest absolute Gasteiger partial charge is 0.156 e. The molecule has 0 radical (unpaired) electrons. The number of fused-ring (bicyclic) bond motifs is 1. The maximum atomic E-state index is 5.21. The van der Waals surface area contributed by atoms with Crippen molar-refractivity contribution in [2.24, 2.45) is 0 Å². The number of benzene rings is 2. The van der Waals surface area contributed by atoms with E-state index in [4.69, 9.17) is 9.84 Å². The molecule has 2 aromatic heterocycles. The number of aromatic nitrogens is 3. The lowest BCUT2D eigenvalue weighted by Gasteiger charge is -2.05. The molecule has 0 aliphatic rings. The Kier molecular flexibility index (Phi) is 3.50. The number of nitrogens with zero attached hydrogens (tertiary/aromatic N) is 3. The predicted molar refractivity (Wildman–Crippen MR) is 95.1 cm³/mol. The second kappa shape index (κ2) is 5.81. The summed E-state index contributed by atoms with van der Waals surface area (Å²) in [5.74, 6) is 0.834. The Balaban J connectivity index is 1.83. The van der Waals surface area contributed by atoms with Gasteiger partial charge >= 0.3 is 0 Å². The monoisotopic (exact) mass is 315 g/mol. The number of rotatable bonds is 3. The van der Waals surface area contributed by atoms with Crippen molar-refractivity contribution in [3.05, 3.63) is 72.4 Å². The van der Waals surface area contributed by atoms with Crippen LogP contribution in [0.25, 0.3) is 28.2 Å². The molecule has 0 saturated carbocycles. The normalized spacial score (nSPS) is 10.9. The summed E-state index contributed by atoms with van der Waals surface area (Å²) in [5, 5.41) is 4.75. The van der Waals surface area contributed by atoms with Gasteiger partial charge in [0.15, 0.2) is 5.65 Å². The van der Waals surface area contributed by atoms with Crippen LogP contribution in [0.1, 0.15) is 5.56 Å². The highest BCUT2D eigenvalue weighted by atomic mass is 16.5. The summed E-state index contributed by atoms with van der Waals surface area (Å²) in [6.07, 6.45) is 1.82. The molecule has 24 heavy (non-hydrogen) atoms. The van der Waals surface area contributed by atoms with Crippen molar-refractivity contribution in [1.29, 1.82) is 0 Å². The molecule has 0 fully saturated rings. The van der Waals surface area contributed by atoms with E-state index in [1.807, 2.05) is 47.1 Å². The van der Waals surface area contributed by atoms with Gasteiger partial charge in [-0.05, 0) is 37.3 Å². The highest BCUT2D eigenvalue weighted by Gasteiger charge is 2.10. The quantitative estimate of drug-likeness (QED) is 0.563. The van der Waals surface area contributed by atoms with Gasteiger partial charge in [0.05, 0.1) is 18.5 Å². The van der Waals surface area contributed by atoms with Gasteiger partial charge in [-0.1, -0.05) is 29.8 Å². The lowest BCUT2D eigenvalue weighted by Crippen LogP contribution is -1.95. The zero-order valence-electron chi connectivity index (χ0n) is 13.6. The van der Waals surface area contributed by atoms with Gasteiger partial charge in [0.2, 0.25) is 0 Å². The average Bonchev–Trinajstić information content (AvgIpc) is 3.07. The SMILES string of the molecule is COc1ccc(-c2cc3nccc(-c4ccc(C)cc4)n3n2)cc1. The van der Waals surface area contributed by atoms with Crippen LogP contribution in [0.3, 0.4) is 0 Å². The van der Waals surface area contributed by atoms with Gasteiger partial charge in [0.25, 0.3) is 0 Å². The third-order valence-corrected chi connectivity index (χ3v) is 4.09. The van der Waals surface area contributed by atoms with Crippen LogP contribution in [0.4, 0.5) is 0 Å². The second-order valence-corrected chi connectivity index (χ2v) is 5.72. The van der Waals surface area contributed by atoms with Gasteiger partial charge in [-0.15, -0.1) is 0 Å². The van der Waals surface area contributed by atoms with Crippen molar-refractivity contribution in [3.63, 3.8) is 0 Å². The lowest BCUT2D eigenvalue weighted by molar-refractivity contribution is 0.415. The van der Waals surface area contributed by atoms with Crippen molar-refractivity contribution in [2.45, 2.75) is 6.92 Å². The van der Waals surface area contributed by atoms with E-state index in [2.05, 4.69) is 36.2 Å². The minimum atomic E-state index is 0.832. The van der Waals surface area contributed by atoms with Crippen molar-refractivity contribution >= 4 is 5.65 Å². The van der Waals surface area contributed by atoms with Crippen LogP contribution >= 0.6 is 0 Å². The first-order chi connectivity index (χ1) is 11.7. The highest BCUT2D eigenvalue weighted by molar-refractivity contribution is 5.68. The Labute approximate surface area is 140 Å². The van der Waals surface area contributed by atoms with E-state index in [0.717, 1.165) is 33.9 Å². The van der Waals surface area contributed by atoms with Crippen LogP contribution in [-0.4, -0.2) is 21.7 Å². The molecule has 0 aliphatic carbocycles. The Morgan fingerprint density at radius 2 is 1.58 bits per heavy atom. The standard InChI is InChI=1S/C20H17N3O/c1-14-3-5-16(6-4-14)19-11-12-21-20-13-18(22-23(19)20)15-7-9-17(24-2)10-8-15/h3-13H,1-2H3. The first-order valence-corrected chi connectivity index (χ1v) is 7.81. The van der Waals surface area contributed by atoms with Gasteiger partial charge in [-0.3, -0.25) is 0 Å². The van der Waals surface area contributed by atoms with Gasteiger partial charge < -0.3 is 4.74 Å². The molecule has 4 rings (SSSR count). The molecule has 0 bridgehead atoms. The topological polar surface area (TPSA) is 39.4 Å². The van der Waals surface area contributed by atoms with E-state index in [1.165, 1.54) is 5.56 Å². The second-order valence-electron chi connectivity index (χ2n) is 5.72. The molecule has 4 heteroatoms. The van der Waals surface area contributed by atoms with Crippen molar-refractivity contribution in [1.82, 2.24) is 14.6 Å². The van der Waals surface area contributed by atoms with Gasteiger partial charge in [-0.2, -0.15) is 5.10 Å². The number of hydrogen-bond donors (Lipinski definition) is 0. The molecule has 0 aliphatic heterocycles. The lowest BCUT2D eigenvalue weighted by atomic mass is 10.1. The number of hydrogen-bond acceptors (Lipinski definition) is 3. The summed E-state index contributed by atoms with van der Waals surface area (Å²) >= 11 is 0. The molecule has 0 N–H and O–H groups in total. The summed E-state index contributed by atoms with van der Waals surface area (Å²) in [6, 6.07) is 20.3. The van der Waals surface area contributed by atoms with Crippen molar-refractivity contribution < 1.29 is 4.74 Å². The zero-order chi connectivity index (χ0) is 16.5. The molecule has 2 heterocycles. The zero-order valence-corrected chi connectivity index (χ0v) is 13.6. The Hall–Kier alpha value is -3.14. The van der Waals surface area contributed by atoms with Crippen LogP contribution < -0.4 is 4.74 Å². The number of methoxy groups -OCH3 is 1. The fourth-order valence-electron chi connectivity index (χ4n) is 2.74. The molecule has 0 amide bonds. The van der Waals surface area contributed by atoms with Crippen molar-refractivity contribution in [3.8, 4) is 28.3 Å². The molecule has 0 unspecified atom stereocenters. The van der Waals surface area contributed by atoms with E-state index in [9.17, 15) is 0 Å². The van der Waals surface area contributed by atoms with Gasteiger partial charge in [-0.25, -0.2) is 9.50 Å². The summed E-state index contributed by atoms with van der Waals surface area (Å²) in [4.78, 5) is 4.44. The molecule has 118 valence electrons. The van der Waals surface area contributed by atoms with Crippen LogP contribution in [0.5, 0.6) is 5.75 Å². The first-order valence-electron chi connectivity index (χ1n) is 7.81. The van der Waals surface area contributed by atoms with Crippen LogP contribution in [-0.2, 0) is 0 Å². The first kappa shape index (κ1) is 14.5. The maximum Gasteiger partial charge on any atom is 0.156 e. The summed E-state index contributed by atoms with van der Waals surface area (Å²) in [7, 11) is 1.66. The number of ether oxygens (including phenoxy) is 1. The predicted octanol–water partition coefficient (Wildman–Crippen LogP) is 4.38. The average molecular weight is 315 g/mol. The summed E-state index contributed by atoms with van der Waals surface area (Å²) in [5.41, 5.74) is 6.15. The maximum absolute atomic E-state index is 5.21. The van der Waals surface area contributed by atoms with Crippen LogP contribution in [0.2, 0.25) is 0 Å². The highest BCUT2D eigenvalue weighted by Crippen LogP contribution is 2.25. The number of aryl methyl sites for hydroxylation is 1. The van der Waals surface area contributed by atoms with Gasteiger partial charge in [0, 0.05) is 23.4 Å². The molecular weight excluding hydrogens is 298 g/mol. The fourth-order valence-corrected chi connectivity index (χ4v) is 2.74. The Morgan fingerprint density at radius 1 is 0.875 bits per heavy atom.